The van der Waals surface area contributed by atoms with Gasteiger partial charge in [0.15, 0.2) is 0 Å². The number of hydrogen-bond acceptors (Lipinski definition) is 5. The number of nitrogens with two attached hydrogens (primary N) is 1. The van der Waals surface area contributed by atoms with Gasteiger partial charge >= 0.3 is 0 Å². The summed E-state index contributed by atoms with van der Waals surface area (Å²) in [6.07, 6.45) is 2.51. The molecule has 0 saturated carbocycles. The molecule has 2 atom stereocenters. The standard InChI is InChI=1S/C10H17N3O3S/c1-13-8(14)5-7(10(13)16)12-9(15)6(11)3-4-17-2/h6-7H,3-5,11H2,1-2H3,(H,12,15)/t6-,7?/m0/s1. The Hall–Kier alpha value is -1.08. The minimum absolute atomic E-state index is 0.0241. The number of hydrogen-bond donors (Lipinski definition) is 2. The van der Waals surface area contributed by atoms with Crippen LogP contribution >= 0.6 is 11.8 Å². The number of nitrogens with zero attached hydrogens (tertiary/aromatic N) is 1. The van der Waals surface area contributed by atoms with Crippen LogP contribution in [0, 0.1) is 0 Å². The number of imide groups is 1. The smallest absolute Gasteiger partial charge is 0.252 e. The molecule has 0 aliphatic carbocycles. The average Bonchev–Trinajstić information content (AvgIpc) is 2.54. The van der Waals surface area contributed by atoms with Crippen LogP contribution in [0.2, 0.25) is 0 Å². The van der Waals surface area contributed by atoms with E-state index in [0.29, 0.717) is 6.42 Å². The normalized spacial score (nSPS) is 21.8. The molecule has 0 bridgehead atoms. The van der Waals surface area contributed by atoms with E-state index >= 15 is 0 Å². The highest BCUT2D eigenvalue weighted by Gasteiger charge is 2.37. The van der Waals surface area contributed by atoms with Gasteiger partial charge in [-0.25, -0.2) is 0 Å². The van der Waals surface area contributed by atoms with Crippen molar-refractivity contribution in [3.63, 3.8) is 0 Å². The fraction of sp³-hybridized carbons (Fsp3) is 0.700. The van der Waals surface area contributed by atoms with E-state index in [1.165, 1.54) is 7.05 Å². The van der Waals surface area contributed by atoms with Gasteiger partial charge in [0.2, 0.25) is 11.8 Å². The lowest BCUT2D eigenvalue weighted by atomic mass is 10.2. The van der Waals surface area contributed by atoms with E-state index in [1.807, 2.05) is 6.26 Å². The van der Waals surface area contributed by atoms with E-state index < -0.39 is 12.1 Å². The zero-order valence-corrected chi connectivity index (χ0v) is 10.8. The molecule has 1 saturated heterocycles. The molecule has 96 valence electrons. The Labute approximate surface area is 104 Å². The number of nitrogens with one attached hydrogen (secondary N) is 1. The van der Waals surface area contributed by atoms with Crippen LogP contribution in [0.5, 0.6) is 0 Å². The zero-order valence-electron chi connectivity index (χ0n) is 9.93. The molecule has 7 heteroatoms. The summed E-state index contributed by atoms with van der Waals surface area (Å²) in [4.78, 5) is 35.4. The highest BCUT2D eigenvalue weighted by molar-refractivity contribution is 7.98. The van der Waals surface area contributed by atoms with Crippen LogP contribution in [-0.4, -0.2) is 53.8 Å². The molecule has 6 nitrogen and oxygen atoms in total. The van der Waals surface area contributed by atoms with E-state index in [1.54, 1.807) is 11.8 Å². The summed E-state index contributed by atoms with van der Waals surface area (Å²) in [6, 6.07) is -1.38. The Balaban J connectivity index is 2.47. The predicted octanol–water partition coefficient (Wildman–Crippen LogP) is -1.06. The third-order valence-electron chi connectivity index (χ3n) is 2.67. The SMILES string of the molecule is CSCC[C@H](N)C(=O)NC1CC(=O)N(C)C1=O. The molecule has 17 heavy (non-hydrogen) atoms. The number of thioether (sulfide) groups is 1. The van der Waals surface area contributed by atoms with Crippen molar-refractivity contribution in [2.75, 3.05) is 19.1 Å². The lowest BCUT2D eigenvalue weighted by molar-refractivity contribution is -0.138. The molecule has 0 aromatic heterocycles. The van der Waals surface area contributed by atoms with Gasteiger partial charge in [0.05, 0.1) is 12.5 Å². The van der Waals surface area contributed by atoms with E-state index in [4.69, 9.17) is 5.73 Å². The van der Waals surface area contributed by atoms with E-state index in [2.05, 4.69) is 5.32 Å². The third kappa shape index (κ3) is 3.44. The molecule has 1 unspecified atom stereocenters. The van der Waals surface area contributed by atoms with Gasteiger partial charge in [0.1, 0.15) is 6.04 Å². The molecule has 1 aliphatic heterocycles. The summed E-state index contributed by atoms with van der Waals surface area (Å²) in [7, 11) is 1.41. The van der Waals surface area contributed by atoms with Crippen molar-refractivity contribution in [1.29, 1.82) is 0 Å². The minimum Gasteiger partial charge on any atom is -0.342 e. The topological polar surface area (TPSA) is 92.5 Å². The fourth-order valence-electron chi connectivity index (χ4n) is 1.52. The Morgan fingerprint density at radius 2 is 2.29 bits per heavy atom. The van der Waals surface area contributed by atoms with E-state index in [9.17, 15) is 14.4 Å². The van der Waals surface area contributed by atoms with Crippen molar-refractivity contribution in [3.05, 3.63) is 0 Å². The quantitative estimate of drug-likeness (QED) is 0.614. The lowest BCUT2D eigenvalue weighted by Gasteiger charge is -2.15. The molecular weight excluding hydrogens is 242 g/mol. The maximum absolute atomic E-state index is 11.6. The van der Waals surface area contributed by atoms with Gasteiger partial charge in [-0.3, -0.25) is 19.3 Å². The Morgan fingerprint density at radius 1 is 1.65 bits per heavy atom. The molecule has 0 radical (unpaired) electrons. The largest absolute Gasteiger partial charge is 0.342 e. The van der Waals surface area contributed by atoms with Gasteiger partial charge in [-0.15, -0.1) is 0 Å². The highest BCUT2D eigenvalue weighted by Crippen LogP contribution is 2.10. The van der Waals surface area contributed by atoms with Gasteiger partial charge in [0.25, 0.3) is 5.91 Å². The minimum atomic E-state index is -0.750. The monoisotopic (exact) mass is 259 g/mol. The van der Waals surface area contributed by atoms with Crippen molar-refractivity contribution < 1.29 is 14.4 Å². The second-order valence-corrected chi connectivity index (χ2v) is 4.93. The van der Waals surface area contributed by atoms with Crippen LogP contribution < -0.4 is 11.1 Å². The number of rotatable bonds is 5. The first-order chi connectivity index (χ1) is 7.97. The molecular formula is C10H17N3O3S. The second-order valence-electron chi connectivity index (χ2n) is 3.94. The van der Waals surface area contributed by atoms with Gasteiger partial charge in [-0.05, 0) is 18.4 Å². The van der Waals surface area contributed by atoms with Crippen molar-refractivity contribution in [2.45, 2.75) is 24.9 Å². The van der Waals surface area contributed by atoms with Gasteiger partial charge in [0, 0.05) is 7.05 Å². The maximum atomic E-state index is 11.6. The predicted molar refractivity (Wildman–Crippen MR) is 65.3 cm³/mol. The number of amides is 3. The number of carbonyl (C=O) groups excluding carboxylic acids is 3. The first kappa shape index (κ1) is 14.0. The van der Waals surface area contributed by atoms with Gasteiger partial charge < -0.3 is 11.1 Å². The summed E-state index contributed by atoms with van der Waals surface area (Å²) < 4.78 is 0. The van der Waals surface area contributed by atoms with Crippen molar-refractivity contribution in [1.82, 2.24) is 10.2 Å². The third-order valence-corrected chi connectivity index (χ3v) is 3.31. The van der Waals surface area contributed by atoms with Crippen LogP contribution in [0.1, 0.15) is 12.8 Å². The van der Waals surface area contributed by atoms with Crippen molar-refractivity contribution in [2.24, 2.45) is 5.73 Å². The van der Waals surface area contributed by atoms with Crippen LogP contribution in [0.15, 0.2) is 0 Å². The van der Waals surface area contributed by atoms with Crippen molar-refractivity contribution >= 4 is 29.5 Å². The van der Waals surface area contributed by atoms with Gasteiger partial charge in [-0.1, -0.05) is 0 Å². The Kier molecular flexibility index (Phi) is 4.95. The number of likely N-dealkylation sites (tertiary alicyclic amines) is 1. The summed E-state index contributed by atoms with van der Waals surface area (Å²) in [5, 5.41) is 2.51. The molecule has 1 fully saturated rings. The molecule has 3 N–H and O–H groups in total. The summed E-state index contributed by atoms with van der Waals surface area (Å²) in [5.41, 5.74) is 5.66. The average molecular weight is 259 g/mol. The lowest BCUT2D eigenvalue weighted by Crippen LogP contribution is -2.48. The molecule has 0 aromatic rings. The highest BCUT2D eigenvalue weighted by atomic mass is 32.2. The van der Waals surface area contributed by atoms with Crippen LogP contribution in [0.3, 0.4) is 0 Å². The Bertz CT molecular complexity index is 335. The Morgan fingerprint density at radius 3 is 2.76 bits per heavy atom. The van der Waals surface area contributed by atoms with E-state index in [0.717, 1.165) is 10.7 Å². The first-order valence-electron chi connectivity index (χ1n) is 5.32. The van der Waals surface area contributed by atoms with Crippen molar-refractivity contribution in [3.8, 4) is 0 Å². The maximum Gasteiger partial charge on any atom is 0.252 e. The second kappa shape index (κ2) is 6.02. The molecule has 1 heterocycles. The molecule has 0 aromatic carbocycles. The molecule has 3 amide bonds. The van der Waals surface area contributed by atoms with Crippen LogP contribution in [-0.2, 0) is 14.4 Å². The molecule has 1 aliphatic rings. The van der Waals surface area contributed by atoms with Crippen LogP contribution in [0.4, 0.5) is 0 Å². The van der Waals surface area contributed by atoms with Crippen LogP contribution in [0.25, 0.3) is 0 Å². The molecule has 0 spiro atoms. The summed E-state index contributed by atoms with van der Waals surface area (Å²) in [5.74, 6) is -0.245. The molecule has 1 rings (SSSR count). The summed E-state index contributed by atoms with van der Waals surface area (Å²) >= 11 is 1.60. The number of likely N-dealkylation sites (N-methyl/N-ethyl adjacent to an activating group) is 1. The zero-order chi connectivity index (χ0) is 13.0. The number of carbonyl (C=O) groups is 3. The first-order valence-corrected chi connectivity index (χ1v) is 6.72. The van der Waals surface area contributed by atoms with E-state index in [-0.39, 0.29) is 24.1 Å². The van der Waals surface area contributed by atoms with Gasteiger partial charge in [-0.2, -0.15) is 11.8 Å². The summed E-state index contributed by atoms with van der Waals surface area (Å²) in [6.45, 7) is 0. The fourth-order valence-corrected chi connectivity index (χ4v) is 2.01.